The van der Waals surface area contributed by atoms with Gasteiger partial charge in [0.2, 0.25) is 0 Å². The Morgan fingerprint density at radius 3 is 2.72 bits per heavy atom. The largest absolute Gasteiger partial charge is 0.478 e. The second-order valence-corrected chi connectivity index (χ2v) is 3.98. The van der Waals surface area contributed by atoms with Crippen molar-refractivity contribution >= 4 is 17.6 Å². The van der Waals surface area contributed by atoms with E-state index < -0.39 is 5.97 Å². The van der Waals surface area contributed by atoms with Gasteiger partial charge in [0.05, 0.1) is 11.1 Å². The molecule has 5 heteroatoms. The van der Waals surface area contributed by atoms with Crippen LogP contribution in [-0.2, 0) is 0 Å². The maximum Gasteiger partial charge on any atom is 0.335 e. The van der Waals surface area contributed by atoms with E-state index in [4.69, 9.17) is 22.0 Å². The van der Waals surface area contributed by atoms with Gasteiger partial charge in [-0.15, -0.1) is 0 Å². The lowest BCUT2D eigenvalue weighted by atomic mass is 10.0. The first-order valence-electron chi connectivity index (χ1n) is 5.00. The zero-order chi connectivity index (χ0) is 13.1. The maximum atomic E-state index is 10.8. The van der Waals surface area contributed by atoms with Crippen LogP contribution in [0.1, 0.15) is 15.9 Å². The van der Waals surface area contributed by atoms with Gasteiger partial charge in [-0.3, -0.25) is 4.98 Å². The summed E-state index contributed by atoms with van der Waals surface area (Å²) in [6.45, 7) is 0. The van der Waals surface area contributed by atoms with E-state index in [9.17, 15) is 4.79 Å². The first-order chi connectivity index (χ1) is 8.61. The summed E-state index contributed by atoms with van der Waals surface area (Å²) >= 11 is 6.03. The average Bonchev–Trinajstić information content (AvgIpc) is 2.38. The molecule has 0 aliphatic heterocycles. The molecule has 0 saturated heterocycles. The summed E-state index contributed by atoms with van der Waals surface area (Å²) in [5.41, 5.74) is 1.86. The van der Waals surface area contributed by atoms with Crippen molar-refractivity contribution in [2.45, 2.75) is 0 Å². The molecule has 88 valence electrons. The van der Waals surface area contributed by atoms with Gasteiger partial charge in [-0.05, 0) is 18.2 Å². The smallest absolute Gasteiger partial charge is 0.335 e. The highest BCUT2D eigenvalue weighted by atomic mass is 35.5. The molecule has 0 amide bonds. The Balaban J connectivity index is 2.51. The fraction of sp³-hybridized carbons (Fsp3) is 0. The highest BCUT2D eigenvalue weighted by molar-refractivity contribution is 6.33. The Hall–Kier alpha value is -2.38. The molecule has 0 radical (unpaired) electrons. The lowest BCUT2D eigenvalue weighted by Crippen LogP contribution is -1.96. The number of nitriles is 1. The Morgan fingerprint density at radius 1 is 1.33 bits per heavy atom. The SMILES string of the molecule is N#Cc1cncc(-c2ccc(C(=O)O)cc2Cl)c1. The number of carboxylic acid groups (broad SMARTS) is 1. The van der Waals surface area contributed by atoms with Crippen LogP contribution in [0.4, 0.5) is 0 Å². The molecule has 2 rings (SSSR count). The van der Waals surface area contributed by atoms with Crippen molar-refractivity contribution < 1.29 is 9.90 Å². The molecule has 0 bridgehead atoms. The van der Waals surface area contributed by atoms with Gasteiger partial charge in [0.1, 0.15) is 6.07 Å². The summed E-state index contributed by atoms with van der Waals surface area (Å²) in [5.74, 6) is -1.03. The molecule has 0 saturated carbocycles. The summed E-state index contributed by atoms with van der Waals surface area (Å²) in [6.07, 6.45) is 3.02. The predicted octanol–water partition coefficient (Wildman–Crippen LogP) is 2.97. The molecule has 4 nitrogen and oxygen atoms in total. The van der Waals surface area contributed by atoms with Crippen LogP contribution in [0.25, 0.3) is 11.1 Å². The Bertz CT molecular complexity index is 662. The minimum Gasteiger partial charge on any atom is -0.478 e. The fourth-order valence-electron chi connectivity index (χ4n) is 1.53. The normalized spacial score (nSPS) is 9.78. The average molecular weight is 259 g/mol. The molecule has 1 aromatic heterocycles. The van der Waals surface area contributed by atoms with Gasteiger partial charge in [0.25, 0.3) is 0 Å². The predicted molar refractivity (Wildman–Crippen MR) is 66.4 cm³/mol. The van der Waals surface area contributed by atoms with E-state index in [0.717, 1.165) is 0 Å². The van der Waals surface area contributed by atoms with Crippen LogP contribution in [0.15, 0.2) is 36.7 Å². The topological polar surface area (TPSA) is 74.0 Å². The molecule has 0 aliphatic rings. The van der Waals surface area contributed by atoms with E-state index >= 15 is 0 Å². The summed E-state index contributed by atoms with van der Waals surface area (Å²) in [6, 6.07) is 8.07. The fourth-order valence-corrected chi connectivity index (χ4v) is 1.82. The number of carboxylic acids is 1. The summed E-state index contributed by atoms with van der Waals surface area (Å²) in [7, 11) is 0. The Labute approximate surface area is 108 Å². The number of halogens is 1. The lowest BCUT2D eigenvalue weighted by molar-refractivity contribution is 0.0697. The Kier molecular flexibility index (Phi) is 3.26. The number of hydrogen-bond donors (Lipinski definition) is 1. The number of carbonyl (C=O) groups is 1. The molecular formula is C13H7ClN2O2. The first kappa shape index (κ1) is 12.1. The molecule has 1 aromatic carbocycles. The van der Waals surface area contributed by atoms with Crippen LogP contribution in [0.2, 0.25) is 5.02 Å². The minimum absolute atomic E-state index is 0.119. The monoisotopic (exact) mass is 258 g/mol. The minimum atomic E-state index is -1.03. The third-order valence-corrected chi connectivity index (χ3v) is 2.71. The summed E-state index contributed by atoms with van der Waals surface area (Å²) < 4.78 is 0. The number of rotatable bonds is 2. The molecule has 18 heavy (non-hydrogen) atoms. The Morgan fingerprint density at radius 2 is 2.11 bits per heavy atom. The van der Waals surface area contributed by atoms with E-state index in [1.54, 1.807) is 18.3 Å². The van der Waals surface area contributed by atoms with Gasteiger partial charge in [0.15, 0.2) is 0 Å². The van der Waals surface area contributed by atoms with Gasteiger partial charge in [-0.1, -0.05) is 17.7 Å². The van der Waals surface area contributed by atoms with Crippen molar-refractivity contribution in [1.82, 2.24) is 4.98 Å². The number of nitrogens with zero attached hydrogens (tertiary/aromatic N) is 2. The number of benzene rings is 1. The van der Waals surface area contributed by atoms with Gasteiger partial charge >= 0.3 is 5.97 Å². The van der Waals surface area contributed by atoms with E-state index in [0.29, 0.717) is 21.7 Å². The van der Waals surface area contributed by atoms with Crippen LogP contribution >= 0.6 is 11.6 Å². The van der Waals surface area contributed by atoms with E-state index in [-0.39, 0.29) is 5.56 Å². The zero-order valence-electron chi connectivity index (χ0n) is 9.09. The molecular weight excluding hydrogens is 252 g/mol. The molecule has 0 fully saturated rings. The van der Waals surface area contributed by atoms with Crippen LogP contribution in [-0.4, -0.2) is 16.1 Å². The summed E-state index contributed by atoms with van der Waals surface area (Å²) in [4.78, 5) is 14.7. The van der Waals surface area contributed by atoms with Crippen LogP contribution < -0.4 is 0 Å². The van der Waals surface area contributed by atoms with E-state index in [2.05, 4.69) is 4.98 Å². The van der Waals surface area contributed by atoms with Gasteiger partial charge in [-0.2, -0.15) is 5.26 Å². The summed E-state index contributed by atoms with van der Waals surface area (Å²) in [5, 5.41) is 17.9. The highest BCUT2D eigenvalue weighted by Gasteiger charge is 2.09. The van der Waals surface area contributed by atoms with Crippen molar-refractivity contribution in [1.29, 1.82) is 5.26 Å². The first-order valence-corrected chi connectivity index (χ1v) is 5.38. The van der Waals surface area contributed by atoms with Crippen molar-refractivity contribution in [2.75, 3.05) is 0 Å². The zero-order valence-corrected chi connectivity index (χ0v) is 9.85. The molecule has 1 heterocycles. The number of hydrogen-bond acceptors (Lipinski definition) is 3. The molecule has 0 spiro atoms. The molecule has 2 aromatic rings. The van der Waals surface area contributed by atoms with Crippen molar-refractivity contribution in [3.63, 3.8) is 0 Å². The molecule has 0 unspecified atom stereocenters. The highest BCUT2D eigenvalue weighted by Crippen LogP contribution is 2.28. The second kappa shape index (κ2) is 4.86. The van der Waals surface area contributed by atoms with E-state index in [1.165, 1.54) is 18.3 Å². The van der Waals surface area contributed by atoms with Crippen LogP contribution in [0.3, 0.4) is 0 Å². The van der Waals surface area contributed by atoms with Gasteiger partial charge in [-0.25, -0.2) is 4.79 Å². The standard InChI is InChI=1S/C13H7ClN2O2/c14-12-4-9(13(17)18)1-2-11(12)10-3-8(5-15)6-16-7-10/h1-4,6-7H,(H,17,18). The molecule has 1 N–H and O–H groups in total. The van der Waals surface area contributed by atoms with Crippen molar-refractivity contribution in [2.24, 2.45) is 0 Å². The molecule has 0 atom stereocenters. The maximum absolute atomic E-state index is 10.8. The lowest BCUT2D eigenvalue weighted by Gasteiger charge is -2.05. The van der Waals surface area contributed by atoms with Crippen LogP contribution in [0, 0.1) is 11.3 Å². The third kappa shape index (κ3) is 2.31. The quantitative estimate of drug-likeness (QED) is 0.899. The van der Waals surface area contributed by atoms with Crippen molar-refractivity contribution in [3.8, 4) is 17.2 Å². The second-order valence-electron chi connectivity index (χ2n) is 3.57. The van der Waals surface area contributed by atoms with E-state index in [1.807, 2.05) is 6.07 Å². The van der Waals surface area contributed by atoms with Gasteiger partial charge < -0.3 is 5.11 Å². The van der Waals surface area contributed by atoms with Crippen molar-refractivity contribution in [3.05, 3.63) is 52.8 Å². The van der Waals surface area contributed by atoms with Gasteiger partial charge in [0, 0.05) is 28.5 Å². The third-order valence-electron chi connectivity index (χ3n) is 2.39. The number of aromatic carboxylic acids is 1. The number of aromatic nitrogens is 1. The van der Waals surface area contributed by atoms with Crippen LogP contribution in [0.5, 0.6) is 0 Å². The number of pyridine rings is 1. The molecule has 0 aliphatic carbocycles.